The number of benzene rings is 1. The molecule has 23 heavy (non-hydrogen) atoms. The molecule has 2 rings (SSSR count). The highest BCUT2D eigenvalue weighted by atomic mass is 16.5. The summed E-state index contributed by atoms with van der Waals surface area (Å²) in [5, 5.41) is 12.1. The van der Waals surface area contributed by atoms with E-state index in [2.05, 4.69) is 5.32 Å². The van der Waals surface area contributed by atoms with Crippen molar-refractivity contribution in [1.29, 1.82) is 5.26 Å². The fourth-order valence-electron chi connectivity index (χ4n) is 2.20. The van der Waals surface area contributed by atoms with Crippen LogP contribution in [0.25, 0.3) is 0 Å². The molecule has 0 radical (unpaired) electrons. The van der Waals surface area contributed by atoms with Crippen LogP contribution in [0.5, 0.6) is 5.75 Å². The quantitative estimate of drug-likeness (QED) is 0.823. The second-order valence-electron chi connectivity index (χ2n) is 5.08. The number of hydrogen-bond acceptors (Lipinski definition) is 5. The van der Waals surface area contributed by atoms with Crippen molar-refractivity contribution in [3.05, 3.63) is 56.2 Å². The molecule has 0 unspecified atom stereocenters. The van der Waals surface area contributed by atoms with Crippen molar-refractivity contribution in [2.75, 3.05) is 18.5 Å². The summed E-state index contributed by atoms with van der Waals surface area (Å²) in [6.45, 7) is 2.63. The highest BCUT2D eigenvalue weighted by Crippen LogP contribution is 2.15. The SMILES string of the molecule is Cc1ccccc1OCCNc1c(C#N)c(=O)n(C)c(=O)n1C. The van der Waals surface area contributed by atoms with Gasteiger partial charge in [0.25, 0.3) is 5.56 Å². The summed E-state index contributed by atoms with van der Waals surface area (Å²) in [5.41, 5.74) is -0.175. The second kappa shape index (κ2) is 6.83. The smallest absolute Gasteiger partial charge is 0.332 e. The zero-order valence-corrected chi connectivity index (χ0v) is 13.3. The van der Waals surface area contributed by atoms with E-state index in [4.69, 9.17) is 10.00 Å². The first kappa shape index (κ1) is 16.4. The molecule has 0 saturated carbocycles. The maximum atomic E-state index is 11.9. The number of ether oxygens (including phenoxy) is 1. The Morgan fingerprint density at radius 3 is 2.57 bits per heavy atom. The summed E-state index contributed by atoms with van der Waals surface area (Å²) in [6, 6.07) is 9.46. The molecule has 0 aliphatic carbocycles. The number of aryl methyl sites for hydroxylation is 1. The van der Waals surface area contributed by atoms with Crippen molar-refractivity contribution in [2.45, 2.75) is 6.92 Å². The lowest BCUT2D eigenvalue weighted by Gasteiger charge is -2.14. The van der Waals surface area contributed by atoms with Gasteiger partial charge in [-0.2, -0.15) is 5.26 Å². The van der Waals surface area contributed by atoms with Gasteiger partial charge < -0.3 is 10.1 Å². The first-order valence-electron chi connectivity index (χ1n) is 7.09. The standard InChI is InChI=1S/C16H18N4O3/c1-11-6-4-5-7-13(11)23-9-8-18-14-12(10-17)15(21)20(3)16(22)19(14)2/h4-7,18H,8-9H2,1-3H3. The molecule has 1 aromatic carbocycles. The summed E-state index contributed by atoms with van der Waals surface area (Å²) in [7, 11) is 2.85. The second-order valence-corrected chi connectivity index (χ2v) is 5.08. The first-order valence-corrected chi connectivity index (χ1v) is 7.09. The Morgan fingerprint density at radius 1 is 1.22 bits per heavy atom. The van der Waals surface area contributed by atoms with Gasteiger partial charge in [-0.3, -0.25) is 13.9 Å². The highest BCUT2D eigenvalue weighted by molar-refractivity contribution is 5.51. The molecule has 1 aromatic heterocycles. The van der Waals surface area contributed by atoms with E-state index in [0.717, 1.165) is 15.9 Å². The zero-order chi connectivity index (χ0) is 17.0. The van der Waals surface area contributed by atoms with Gasteiger partial charge in [0, 0.05) is 14.1 Å². The van der Waals surface area contributed by atoms with E-state index in [-0.39, 0.29) is 11.4 Å². The van der Waals surface area contributed by atoms with Crippen molar-refractivity contribution in [3.63, 3.8) is 0 Å². The molecule has 1 heterocycles. The molecule has 0 aliphatic rings. The van der Waals surface area contributed by atoms with Crippen LogP contribution in [0.1, 0.15) is 11.1 Å². The van der Waals surface area contributed by atoms with E-state index in [1.807, 2.05) is 37.3 Å². The van der Waals surface area contributed by atoms with Crippen molar-refractivity contribution < 1.29 is 4.74 Å². The summed E-state index contributed by atoms with van der Waals surface area (Å²) >= 11 is 0. The minimum Gasteiger partial charge on any atom is -0.491 e. The Morgan fingerprint density at radius 2 is 1.91 bits per heavy atom. The zero-order valence-electron chi connectivity index (χ0n) is 13.3. The average molecular weight is 314 g/mol. The Hall–Kier alpha value is -3.01. The van der Waals surface area contributed by atoms with E-state index in [1.54, 1.807) is 0 Å². The van der Waals surface area contributed by atoms with Gasteiger partial charge in [0.05, 0.1) is 6.54 Å². The van der Waals surface area contributed by atoms with Crippen LogP contribution >= 0.6 is 0 Å². The Balaban J connectivity index is 2.13. The highest BCUT2D eigenvalue weighted by Gasteiger charge is 2.14. The number of aromatic nitrogens is 2. The van der Waals surface area contributed by atoms with Gasteiger partial charge in [-0.15, -0.1) is 0 Å². The number of para-hydroxylation sites is 1. The number of nitrogens with zero attached hydrogens (tertiary/aromatic N) is 3. The van der Waals surface area contributed by atoms with E-state index in [1.165, 1.54) is 18.7 Å². The predicted molar refractivity (Wildman–Crippen MR) is 86.8 cm³/mol. The summed E-state index contributed by atoms with van der Waals surface area (Å²) in [5.74, 6) is 0.974. The van der Waals surface area contributed by atoms with Crippen LogP contribution < -0.4 is 21.3 Å². The van der Waals surface area contributed by atoms with Gasteiger partial charge in [0.15, 0.2) is 5.56 Å². The lowest BCUT2D eigenvalue weighted by molar-refractivity contribution is 0.330. The molecule has 0 atom stereocenters. The normalized spacial score (nSPS) is 10.2. The van der Waals surface area contributed by atoms with Crippen molar-refractivity contribution in [3.8, 4) is 11.8 Å². The Kier molecular flexibility index (Phi) is 4.86. The van der Waals surface area contributed by atoms with Crippen molar-refractivity contribution in [2.24, 2.45) is 14.1 Å². The summed E-state index contributed by atoms with van der Waals surface area (Å²) < 4.78 is 7.79. The van der Waals surface area contributed by atoms with Crippen molar-refractivity contribution in [1.82, 2.24) is 9.13 Å². The van der Waals surface area contributed by atoms with Crippen LogP contribution in [0.2, 0.25) is 0 Å². The minimum atomic E-state index is -0.613. The molecule has 0 fully saturated rings. The molecule has 0 saturated heterocycles. The number of nitrogens with one attached hydrogen (secondary N) is 1. The average Bonchev–Trinajstić information content (AvgIpc) is 2.55. The molecule has 2 aromatic rings. The van der Waals surface area contributed by atoms with Crippen LogP contribution in [0.3, 0.4) is 0 Å². The van der Waals surface area contributed by atoms with Crippen LogP contribution in [0.15, 0.2) is 33.9 Å². The van der Waals surface area contributed by atoms with Gasteiger partial charge >= 0.3 is 5.69 Å². The van der Waals surface area contributed by atoms with Gasteiger partial charge in [-0.05, 0) is 18.6 Å². The number of anilines is 1. The molecule has 0 bridgehead atoms. The topological polar surface area (TPSA) is 89.1 Å². The van der Waals surface area contributed by atoms with E-state index >= 15 is 0 Å². The molecule has 7 heteroatoms. The van der Waals surface area contributed by atoms with Crippen LogP contribution in [0.4, 0.5) is 5.82 Å². The Bertz CT molecular complexity index is 874. The third kappa shape index (κ3) is 3.26. The molecule has 120 valence electrons. The third-order valence-electron chi connectivity index (χ3n) is 3.52. The van der Waals surface area contributed by atoms with Gasteiger partial charge in [-0.1, -0.05) is 18.2 Å². The third-order valence-corrected chi connectivity index (χ3v) is 3.52. The summed E-state index contributed by atoms with van der Waals surface area (Å²) in [6.07, 6.45) is 0. The molecule has 0 spiro atoms. The monoisotopic (exact) mass is 314 g/mol. The number of nitriles is 1. The molecule has 7 nitrogen and oxygen atoms in total. The molecular weight excluding hydrogens is 296 g/mol. The number of rotatable bonds is 5. The maximum absolute atomic E-state index is 11.9. The summed E-state index contributed by atoms with van der Waals surface area (Å²) in [4.78, 5) is 23.9. The lowest BCUT2D eigenvalue weighted by atomic mass is 10.2. The molecule has 1 N–H and O–H groups in total. The van der Waals surface area contributed by atoms with Gasteiger partial charge in [0.1, 0.15) is 24.2 Å². The maximum Gasteiger partial charge on any atom is 0.332 e. The van der Waals surface area contributed by atoms with Crippen molar-refractivity contribution >= 4 is 5.82 Å². The van der Waals surface area contributed by atoms with Crippen LogP contribution in [0, 0.1) is 18.3 Å². The Labute approximate surface area is 133 Å². The lowest BCUT2D eigenvalue weighted by Crippen LogP contribution is -2.40. The van der Waals surface area contributed by atoms with E-state index < -0.39 is 11.2 Å². The van der Waals surface area contributed by atoms with E-state index in [0.29, 0.717) is 13.2 Å². The first-order chi connectivity index (χ1) is 11.0. The molecule has 0 aliphatic heterocycles. The van der Waals surface area contributed by atoms with Gasteiger partial charge in [-0.25, -0.2) is 4.79 Å². The van der Waals surface area contributed by atoms with Crippen LogP contribution in [-0.2, 0) is 14.1 Å². The van der Waals surface area contributed by atoms with Gasteiger partial charge in [0.2, 0.25) is 0 Å². The molecule has 0 amide bonds. The minimum absolute atomic E-state index is 0.0921. The largest absolute Gasteiger partial charge is 0.491 e. The van der Waals surface area contributed by atoms with Crippen LogP contribution in [-0.4, -0.2) is 22.3 Å². The fourth-order valence-corrected chi connectivity index (χ4v) is 2.20. The fraction of sp³-hybridized carbons (Fsp3) is 0.312. The number of hydrogen-bond donors (Lipinski definition) is 1. The predicted octanol–water partition coefficient (Wildman–Crippen LogP) is 0.755. The van der Waals surface area contributed by atoms with E-state index in [9.17, 15) is 9.59 Å². The molecular formula is C16H18N4O3.